The van der Waals surface area contributed by atoms with Crippen LogP contribution < -0.4 is 0 Å². The van der Waals surface area contributed by atoms with Gasteiger partial charge in [0.1, 0.15) is 0 Å². The molecule has 0 saturated heterocycles. The first kappa shape index (κ1) is 16.5. The summed E-state index contributed by atoms with van der Waals surface area (Å²) in [7, 11) is 0. The van der Waals surface area contributed by atoms with Gasteiger partial charge in [0.05, 0.1) is 30.5 Å². The van der Waals surface area contributed by atoms with Gasteiger partial charge in [0.2, 0.25) is 0 Å². The van der Waals surface area contributed by atoms with Gasteiger partial charge in [-0.1, -0.05) is 88.3 Å². The Bertz CT molecular complexity index is 594. The molecule has 0 bridgehead atoms. The standard InChI is InChI=1S/C14H8Cl6/c15-8(6-7-4-2-1-3-5-7)9-10(16)12(18)14(20)13(19)11(9)17/h1-5,8H,6H2. The molecule has 0 amide bonds. The minimum absolute atomic E-state index is 0.135. The summed E-state index contributed by atoms with van der Waals surface area (Å²) in [6.45, 7) is 0. The maximum absolute atomic E-state index is 6.42. The van der Waals surface area contributed by atoms with Crippen molar-refractivity contribution in [2.75, 3.05) is 0 Å². The Morgan fingerprint density at radius 3 is 1.65 bits per heavy atom. The van der Waals surface area contributed by atoms with Crippen LogP contribution in [0.5, 0.6) is 0 Å². The number of benzene rings is 2. The molecule has 20 heavy (non-hydrogen) atoms. The van der Waals surface area contributed by atoms with Gasteiger partial charge in [0, 0.05) is 5.56 Å². The monoisotopic (exact) mass is 386 g/mol. The number of hydrogen-bond donors (Lipinski definition) is 0. The van der Waals surface area contributed by atoms with Gasteiger partial charge in [-0.3, -0.25) is 0 Å². The zero-order chi connectivity index (χ0) is 14.9. The lowest BCUT2D eigenvalue weighted by atomic mass is 10.0. The molecule has 0 saturated carbocycles. The SMILES string of the molecule is Clc1c(Cl)c(Cl)c(C(Cl)Cc2ccccc2)c(Cl)c1Cl. The van der Waals surface area contributed by atoms with Crippen molar-refractivity contribution in [2.24, 2.45) is 0 Å². The Hall–Kier alpha value is 0.180. The summed E-state index contributed by atoms with van der Waals surface area (Å²) in [5, 5.41) is 0.484. The molecule has 0 fully saturated rings. The van der Waals surface area contributed by atoms with Gasteiger partial charge < -0.3 is 0 Å². The Labute approximate surface area is 147 Å². The number of alkyl halides is 1. The molecular formula is C14H8Cl6. The second-order valence-corrected chi connectivity index (χ2v) is 6.56. The maximum atomic E-state index is 6.42. The Balaban J connectivity index is 2.42. The zero-order valence-electron chi connectivity index (χ0n) is 9.94. The third-order valence-electron chi connectivity index (χ3n) is 2.81. The topological polar surface area (TPSA) is 0 Å². The summed E-state index contributed by atoms with van der Waals surface area (Å²) in [4.78, 5) is 0. The molecule has 1 unspecified atom stereocenters. The van der Waals surface area contributed by atoms with Crippen molar-refractivity contribution in [3.8, 4) is 0 Å². The first-order valence-electron chi connectivity index (χ1n) is 5.62. The lowest BCUT2D eigenvalue weighted by molar-refractivity contribution is 0.920. The predicted octanol–water partition coefficient (Wildman–Crippen LogP) is 7.48. The van der Waals surface area contributed by atoms with Gasteiger partial charge in [-0.2, -0.15) is 0 Å². The highest BCUT2D eigenvalue weighted by molar-refractivity contribution is 6.55. The summed E-state index contributed by atoms with van der Waals surface area (Å²) in [6.07, 6.45) is 0.552. The van der Waals surface area contributed by atoms with E-state index in [1.54, 1.807) is 0 Å². The second-order valence-electron chi connectivity index (χ2n) is 4.14. The Morgan fingerprint density at radius 2 is 1.15 bits per heavy atom. The van der Waals surface area contributed by atoms with Crippen LogP contribution in [0.15, 0.2) is 30.3 Å². The Kier molecular flexibility index (Phi) is 5.76. The largest absolute Gasteiger partial charge is 0.117 e. The van der Waals surface area contributed by atoms with Gasteiger partial charge in [0.25, 0.3) is 0 Å². The smallest absolute Gasteiger partial charge is 0.0809 e. The molecular weight excluding hydrogens is 381 g/mol. The lowest BCUT2D eigenvalue weighted by Crippen LogP contribution is -1.99. The van der Waals surface area contributed by atoms with Crippen molar-refractivity contribution in [3.05, 3.63) is 66.6 Å². The molecule has 2 aromatic rings. The van der Waals surface area contributed by atoms with E-state index in [1.807, 2.05) is 30.3 Å². The first-order chi connectivity index (χ1) is 9.43. The minimum Gasteiger partial charge on any atom is -0.117 e. The molecule has 1 atom stereocenters. The predicted molar refractivity (Wildman–Crippen MR) is 90.2 cm³/mol. The van der Waals surface area contributed by atoms with Crippen molar-refractivity contribution in [1.29, 1.82) is 0 Å². The third-order valence-corrected chi connectivity index (χ3v) is 5.49. The van der Waals surface area contributed by atoms with E-state index in [2.05, 4.69) is 0 Å². The van der Waals surface area contributed by atoms with Gasteiger partial charge in [-0.05, 0) is 12.0 Å². The number of rotatable bonds is 3. The van der Waals surface area contributed by atoms with Gasteiger partial charge in [-0.25, -0.2) is 0 Å². The molecule has 106 valence electrons. The van der Waals surface area contributed by atoms with Crippen LogP contribution in [0, 0.1) is 0 Å². The van der Waals surface area contributed by atoms with E-state index >= 15 is 0 Å². The minimum atomic E-state index is -0.454. The molecule has 0 spiro atoms. The molecule has 0 heterocycles. The van der Waals surface area contributed by atoms with Crippen molar-refractivity contribution < 1.29 is 0 Å². The summed E-state index contributed by atoms with van der Waals surface area (Å²) in [5.41, 5.74) is 1.56. The fourth-order valence-electron chi connectivity index (χ4n) is 1.82. The van der Waals surface area contributed by atoms with Crippen molar-refractivity contribution in [1.82, 2.24) is 0 Å². The molecule has 0 aliphatic rings. The van der Waals surface area contributed by atoms with Crippen LogP contribution >= 0.6 is 69.6 Å². The Morgan fingerprint density at radius 1 is 0.700 bits per heavy atom. The lowest BCUT2D eigenvalue weighted by Gasteiger charge is -2.17. The van der Waals surface area contributed by atoms with E-state index in [1.165, 1.54) is 0 Å². The van der Waals surface area contributed by atoms with Crippen LogP contribution in [0.2, 0.25) is 25.1 Å². The average Bonchev–Trinajstić information content (AvgIpc) is 2.44. The van der Waals surface area contributed by atoms with E-state index in [0.29, 0.717) is 12.0 Å². The van der Waals surface area contributed by atoms with E-state index in [-0.39, 0.29) is 25.1 Å². The number of halogens is 6. The molecule has 0 nitrogen and oxygen atoms in total. The fraction of sp³-hybridized carbons (Fsp3) is 0.143. The van der Waals surface area contributed by atoms with Gasteiger partial charge in [0.15, 0.2) is 0 Å². The van der Waals surface area contributed by atoms with Crippen LogP contribution in [0.25, 0.3) is 0 Å². The summed E-state index contributed by atoms with van der Waals surface area (Å²) in [5.74, 6) is 0. The average molecular weight is 389 g/mol. The van der Waals surface area contributed by atoms with E-state index < -0.39 is 5.38 Å². The highest BCUT2D eigenvalue weighted by Crippen LogP contribution is 2.47. The molecule has 2 rings (SSSR count). The third kappa shape index (κ3) is 3.32. The molecule has 0 aromatic heterocycles. The molecule has 0 aliphatic heterocycles. The molecule has 6 heteroatoms. The normalized spacial score (nSPS) is 12.5. The molecule has 0 radical (unpaired) electrons. The second kappa shape index (κ2) is 6.96. The van der Waals surface area contributed by atoms with E-state index in [0.717, 1.165) is 5.56 Å². The quantitative estimate of drug-likeness (QED) is 0.290. The summed E-state index contributed by atoms with van der Waals surface area (Å²) >= 11 is 36.8. The van der Waals surface area contributed by atoms with Crippen LogP contribution in [-0.2, 0) is 6.42 Å². The van der Waals surface area contributed by atoms with Crippen molar-refractivity contribution in [2.45, 2.75) is 11.8 Å². The van der Waals surface area contributed by atoms with E-state index in [4.69, 9.17) is 69.6 Å². The maximum Gasteiger partial charge on any atom is 0.0809 e. The zero-order valence-corrected chi connectivity index (χ0v) is 14.5. The highest BCUT2D eigenvalue weighted by Gasteiger charge is 2.24. The van der Waals surface area contributed by atoms with Crippen LogP contribution in [0.1, 0.15) is 16.5 Å². The molecule has 2 aromatic carbocycles. The van der Waals surface area contributed by atoms with E-state index in [9.17, 15) is 0 Å². The van der Waals surface area contributed by atoms with Crippen LogP contribution in [0.3, 0.4) is 0 Å². The fourth-order valence-corrected chi connectivity index (χ4v) is 3.74. The van der Waals surface area contributed by atoms with Gasteiger partial charge in [-0.15, -0.1) is 11.6 Å². The summed E-state index contributed by atoms with van der Waals surface area (Å²) < 4.78 is 0. The van der Waals surface area contributed by atoms with Crippen LogP contribution in [0.4, 0.5) is 0 Å². The molecule has 0 N–H and O–H groups in total. The highest BCUT2D eigenvalue weighted by atomic mass is 35.5. The first-order valence-corrected chi connectivity index (χ1v) is 7.95. The summed E-state index contributed by atoms with van der Waals surface area (Å²) in [6, 6.07) is 9.74. The molecule has 0 aliphatic carbocycles. The van der Waals surface area contributed by atoms with Crippen molar-refractivity contribution in [3.63, 3.8) is 0 Å². The number of hydrogen-bond acceptors (Lipinski definition) is 0. The van der Waals surface area contributed by atoms with Crippen molar-refractivity contribution >= 4 is 69.6 Å². The van der Waals surface area contributed by atoms with Gasteiger partial charge >= 0.3 is 0 Å². The van der Waals surface area contributed by atoms with Crippen LogP contribution in [-0.4, -0.2) is 0 Å².